The standard InChI is InChI=1S/C14H27N3/c1-2-15-14(12-3-4-12)11-16-7-9-17(10-8-16)13-5-6-13/h12-15H,2-11H2,1H3. The lowest BCUT2D eigenvalue weighted by molar-refractivity contribution is 0.115. The van der Waals surface area contributed by atoms with Crippen LogP contribution in [-0.2, 0) is 0 Å². The Balaban J connectivity index is 1.42. The summed E-state index contributed by atoms with van der Waals surface area (Å²) in [6.45, 7) is 9.87. The SMILES string of the molecule is CCNC(CN1CCN(C2CC2)CC1)C1CC1. The third kappa shape index (κ3) is 3.21. The second-order valence-corrected chi connectivity index (χ2v) is 6.07. The fraction of sp³-hybridized carbons (Fsp3) is 1.00. The van der Waals surface area contributed by atoms with E-state index < -0.39 is 0 Å². The lowest BCUT2D eigenvalue weighted by atomic mass is 10.1. The van der Waals surface area contributed by atoms with Gasteiger partial charge in [0.15, 0.2) is 0 Å². The van der Waals surface area contributed by atoms with Gasteiger partial charge in [0.1, 0.15) is 0 Å². The third-order valence-electron chi connectivity index (χ3n) is 4.58. The topological polar surface area (TPSA) is 18.5 Å². The van der Waals surface area contributed by atoms with Crippen molar-refractivity contribution in [3.63, 3.8) is 0 Å². The summed E-state index contributed by atoms with van der Waals surface area (Å²) in [6.07, 6.45) is 5.84. The Morgan fingerprint density at radius 2 is 1.76 bits per heavy atom. The molecular formula is C14H27N3. The average Bonchev–Trinajstić information content (AvgIpc) is 3.19. The molecule has 0 spiro atoms. The number of nitrogens with zero attached hydrogens (tertiary/aromatic N) is 2. The molecule has 3 rings (SSSR count). The van der Waals surface area contributed by atoms with Gasteiger partial charge in [-0.3, -0.25) is 9.80 Å². The zero-order valence-corrected chi connectivity index (χ0v) is 11.2. The summed E-state index contributed by atoms with van der Waals surface area (Å²) in [5, 5.41) is 3.68. The first-order valence-corrected chi connectivity index (χ1v) is 7.56. The largest absolute Gasteiger partial charge is 0.313 e. The molecule has 3 nitrogen and oxygen atoms in total. The van der Waals surface area contributed by atoms with E-state index in [0.29, 0.717) is 0 Å². The molecule has 3 heteroatoms. The molecule has 3 aliphatic rings. The molecule has 1 N–H and O–H groups in total. The van der Waals surface area contributed by atoms with Crippen LogP contribution in [0.5, 0.6) is 0 Å². The van der Waals surface area contributed by atoms with E-state index in [1.54, 1.807) is 0 Å². The maximum Gasteiger partial charge on any atom is 0.0223 e. The molecule has 0 radical (unpaired) electrons. The third-order valence-corrected chi connectivity index (χ3v) is 4.58. The normalized spacial score (nSPS) is 29.5. The highest BCUT2D eigenvalue weighted by Gasteiger charge is 2.34. The van der Waals surface area contributed by atoms with E-state index in [9.17, 15) is 0 Å². The molecule has 0 bridgehead atoms. The maximum absolute atomic E-state index is 3.68. The van der Waals surface area contributed by atoms with Crippen LogP contribution in [0.4, 0.5) is 0 Å². The van der Waals surface area contributed by atoms with E-state index in [-0.39, 0.29) is 0 Å². The van der Waals surface area contributed by atoms with Crippen LogP contribution in [0, 0.1) is 5.92 Å². The smallest absolute Gasteiger partial charge is 0.0223 e. The molecule has 1 heterocycles. The summed E-state index contributed by atoms with van der Waals surface area (Å²) in [4.78, 5) is 5.39. The van der Waals surface area contributed by atoms with Gasteiger partial charge in [-0.1, -0.05) is 6.92 Å². The number of hydrogen-bond donors (Lipinski definition) is 1. The number of hydrogen-bond acceptors (Lipinski definition) is 3. The zero-order valence-electron chi connectivity index (χ0n) is 11.2. The van der Waals surface area contributed by atoms with Crippen molar-refractivity contribution in [1.82, 2.24) is 15.1 Å². The van der Waals surface area contributed by atoms with Gasteiger partial charge in [-0.05, 0) is 38.1 Å². The van der Waals surface area contributed by atoms with Gasteiger partial charge in [0.2, 0.25) is 0 Å². The summed E-state index contributed by atoms with van der Waals surface area (Å²) in [5.74, 6) is 0.983. The molecule has 1 unspecified atom stereocenters. The van der Waals surface area contributed by atoms with Crippen LogP contribution in [-0.4, -0.2) is 61.2 Å². The Hall–Kier alpha value is -0.120. The molecule has 1 saturated heterocycles. The molecule has 0 amide bonds. The van der Waals surface area contributed by atoms with E-state index in [0.717, 1.165) is 24.5 Å². The maximum atomic E-state index is 3.68. The summed E-state index contributed by atoms with van der Waals surface area (Å²) < 4.78 is 0. The summed E-state index contributed by atoms with van der Waals surface area (Å²) >= 11 is 0. The predicted octanol–water partition coefficient (Wildman–Crippen LogP) is 1.15. The molecular weight excluding hydrogens is 210 g/mol. The lowest BCUT2D eigenvalue weighted by Crippen LogP contribution is -2.51. The minimum Gasteiger partial charge on any atom is -0.313 e. The summed E-state index contributed by atoms with van der Waals surface area (Å²) in [5.41, 5.74) is 0. The monoisotopic (exact) mass is 237 g/mol. The molecule has 0 aromatic heterocycles. The number of rotatable bonds is 6. The Morgan fingerprint density at radius 1 is 1.06 bits per heavy atom. The van der Waals surface area contributed by atoms with Crippen LogP contribution in [0.15, 0.2) is 0 Å². The van der Waals surface area contributed by atoms with Crippen LogP contribution in [0.1, 0.15) is 32.6 Å². The highest BCUT2D eigenvalue weighted by molar-refractivity contribution is 4.91. The Kier molecular flexibility index (Phi) is 3.69. The Labute approximate surface area is 106 Å². The second kappa shape index (κ2) is 5.25. The van der Waals surface area contributed by atoms with Gasteiger partial charge in [-0.15, -0.1) is 0 Å². The molecule has 1 aliphatic heterocycles. The minimum atomic E-state index is 0.771. The van der Waals surface area contributed by atoms with Crippen molar-refractivity contribution in [2.75, 3.05) is 39.3 Å². The average molecular weight is 237 g/mol. The lowest BCUT2D eigenvalue weighted by Gasteiger charge is -2.36. The number of likely N-dealkylation sites (N-methyl/N-ethyl adjacent to an activating group) is 1. The van der Waals surface area contributed by atoms with E-state index in [1.165, 1.54) is 58.4 Å². The highest BCUT2D eigenvalue weighted by atomic mass is 15.3. The van der Waals surface area contributed by atoms with Crippen LogP contribution in [0.2, 0.25) is 0 Å². The highest BCUT2D eigenvalue weighted by Crippen LogP contribution is 2.33. The quantitative estimate of drug-likeness (QED) is 0.748. The van der Waals surface area contributed by atoms with Crippen LogP contribution in [0.25, 0.3) is 0 Å². The zero-order chi connectivity index (χ0) is 11.7. The molecule has 1 atom stereocenters. The second-order valence-electron chi connectivity index (χ2n) is 6.07. The van der Waals surface area contributed by atoms with Crippen LogP contribution in [0.3, 0.4) is 0 Å². The van der Waals surface area contributed by atoms with Crippen molar-refractivity contribution in [3.8, 4) is 0 Å². The molecule has 98 valence electrons. The van der Waals surface area contributed by atoms with Crippen molar-refractivity contribution in [1.29, 1.82) is 0 Å². The van der Waals surface area contributed by atoms with Gasteiger partial charge in [0.05, 0.1) is 0 Å². The van der Waals surface area contributed by atoms with Gasteiger partial charge >= 0.3 is 0 Å². The summed E-state index contributed by atoms with van der Waals surface area (Å²) in [7, 11) is 0. The molecule has 3 fully saturated rings. The molecule has 0 aromatic carbocycles. The van der Waals surface area contributed by atoms with Gasteiger partial charge < -0.3 is 5.32 Å². The van der Waals surface area contributed by atoms with Gasteiger partial charge in [0, 0.05) is 44.8 Å². The predicted molar refractivity (Wildman–Crippen MR) is 71.2 cm³/mol. The Morgan fingerprint density at radius 3 is 2.29 bits per heavy atom. The first-order valence-electron chi connectivity index (χ1n) is 7.56. The molecule has 2 saturated carbocycles. The van der Waals surface area contributed by atoms with E-state index in [1.807, 2.05) is 0 Å². The van der Waals surface area contributed by atoms with Gasteiger partial charge in [-0.2, -0.15) is 0 Å². The van der Waals surface area contributed by atoms with Crippen LogP contribution < -0.4 is 5.32 Å². The van der Waals surface area contributed by atoms with Crippen molar-refractivity contribution in [3.05, 3.63) is 0 Å². The first kappa shape index (κ1) is 11.9. The molecule has 17 heavy (non-hydrogen) atoms. The van der Waals surface area contributed by atoms with Gasteiger partial charge in [0.25, 0.3) is 0 Å². The molecule has 2 aliphatic carbocycles. The van der Waals surface area contributed by atoms with Crippen molar-refractivity contribution in [2.45, 2.75) is 44.7 Å². The van der Waals surface area contributed by atoms with Gasteiger partial charge in [-0.25, -0.2) is 0 Å². The fourth-order valence-corrected chi connectivity index (χ4v) is 3.17. The molecule has 0 aromatic rings. The number of nitrogens with one attached hydrogen (secondary N) is 1. The van der Waals surface area contributed by atoms with Crippen LogP contribution >= 0.6 is 0 Å². The van der Waals surface area contributed by atoms with Crippen molar-refractivity contribution in [2.24, 2.45) is 5.92 Å². The Bertz CT molecular complexity index is 240. The van der Waals surface area contributed by atoms with Crippen molar-refractivity contribution >= 4 is 0 Å². The first-order chi connectivity index (χ1) is 8.36. The van der Waals surface area contributed by atoms with E-state index >= 15 is 0 Å². The minimum absolute atomic E-state index is 0.771. The number of piperazine rings is 1. The van der Waals surface area contributed by atoms with Crippen molar-refractivity contribution < 1.29 is 0 Å². The van der Waals surface area contributed by atoms with E-state index in [4.69, 9.17) is 0 Å². The summed E-state index contributed by atoms with van der Waals surface area (Å²) in [6, 6.07) is 1.73. The van der Waals surface area contributed by atoms with E-state index in [2.05, 4.69) is 22.0 Å². The fourth-order valence-electron chi connectivity index (χ4n) is 3.17.